The fourth-order valence-corrected chi connectivity index (χ4v) is 2.68. The SMILES string of the molecule is CC(C)(C)OC(=O)N1CCC[C@H]1C(=O)Oc1ccc2c(c1)OCO2. The summed E-state index contributed by atoms with van der Waals surface area (Å²) in [4.78, 5) is 26.1. The molecule has 1 saturated heterocycles. The van der Waals surface area contributed by atoms with E-state index in [-0.39, 0.29) is 6.79 Å². The molecule has 0 N–H and O–H groups in total. The summed E-state index contributed by atoms with van der Waals surface area (Å²) in [5, 5.41) is 0. The molecule has 2 heterocycles. The molecule has 0 saturated carbocycles. The van der Waals surface area contributed by atoms with Crippen LogP contribution in [0.25, 0.3) is 0 Å². The predicted molar refractivity (Wildman–Crippen MR) is 84.2 cm³/mol. The smallest absolute Gasteiger partial charge is 0.411 e. The van der Waals surface area contributed by atoms with Crippen molar-refractivity contribution in [1.82, 2.24) is 4.90 Å². The molecule has 1 aromatic rings. The number of fused-ring (bicyclic) bond motifs is 1. The van der Waals surface area contributed by atoms with Crippen molar-refractivity contribution < 1.29 is 28.5 Å². The molecule has 3 rings (SSSR count). The highest BCUT2D eigenvalue weighted by atomic mass is 16.7. The fourth-order valence-electron chi connectivity index (χ4n) is 2.68. The summed E-state index contributed by atoms with van der Waals surface area (Å²) in [6.07, 6.45) is 0.801. The van der Waals surface area contributed by atoms with Crippen LogP contribution in [-0.4, -0.2) is 41.9 Å². The molecule has 1 fully saturated rings. The lowest BCUT2D eigenvalue weighted by molar-refractivity contribution is -0.139. The standard InChI is InChI=1S/C17H21NO6/c1-17(2,3)24-16(20)18-8-4-5-12(18)15(19)23-11-6-7-13-14(9-11)22-10-21-13/h6-7,9,12H,4-5,8,10H2,1-3H3/t12-/m0/s1. The minimum absolute atomic E-state index is 0.155. The largest absolute Gasteiger partial charge is 0.454 e. The number of likely N-dealkylation sites (tertiary alicyclic amines) is 1. The summed E-state index contributed by atoms with van der Waals surface area (Å²) < 4.78 is 21.2. The Bertz CT molecular complexity index is 651. The van der Waals surface area contributed by atoms with Gasteiger partial charge in [-0.2, -0.15) is 0 Å². The van der Waals surface area contributed by atoms with Crippen molar-refractivity contribution in [2.75, 3.05) is 13.3 Å². The third-order valence-electron chi connectivity index (χ3n) is 3.72. The maximum absolute atomic E-state index is 12.5. The Balaban J connectivity index is 1.66. The molecule has 0 bridgehead atoms. The summed E-state index contributed by atoms with van der Waals surface area (Å²) in [6.45, 7) is 6.01. The Morgan fingerprint density at radius 3 is 2.71 bits per heavy atom. The normalized spacial score (nSPS) is 19.3. The van der Waals surface area contributed by atoms with E-state index < -0.39 is 23.7 Å². The minimum atomic E-state index is -0.634. The highest BCUT2D eigenvalue weighted by Crippen LogP contribution is 2.35. The van der Waals surface area contributed by atoms with Crippen molar-refractivity contribution >= 4 is 12.1 Å². The van der Waals surface area contributed by atoms with E-state index >= 15 is 0 Å². The molecule has 24 heavy (non-hydrogen) atoms. The van der Waals surface area contributed by atoms with Gasteiger partial charge in [-0.05, 0) is 45.7 Å². The molecule has 0 unspecified atom stereocenters. The zero-order chi connectivity index (χ0) is 17.3. The van der Waals surface area contributed by atoms with Crippen molar-refractivity contribution in [1.29, 1.82) is 0 Å². The van der Waals surface area contributed by atoms with Crippen LogP contribution in [0.3, 0.4) is 0 Å². The van der Waals surface area contributed by atoms with E-state index in [1.165, 1.54) is 4.90 Å². The zero-order valence-corrected chi connectivity index (χ0v) is 14.0. The monoisotopic (exact) mass is 335 g/mol. The maximum atomic E-state index is 12.5. The number of benzene rings is 1. The number of carbonyl (C=O) groups excluding carboxylic acids is 2. The molecule has 0 spiro atoms. The Kier molecular flexibility index (Phi) is 4.26. The average Bonchev–Trinajstić information content (AvgIpc) is 3.14. The van der Waals surface area contributed by atoms with Crippen LogP contribution in [0, 0.1) is 0 Å². The van der Waals surface area contributed by atoms with Crippen LogP contribution in [0.15, 0.2) is 18.2 Å². The van der Waals surface area contributed by atoms with Crippen LogP contribution >= 0.6 is 0 Å². The summed E-state index contributed by atoms with van der Waals surface area (Å²) in [5.74, 6) is 1.04. The highest BCUT2D eigenvalue weighted by Gasteiger charge is 2.38. The second kappa shape index (κ2) is 6.22. The van der Waals surface area contributed by atoms with Gasteiger partial charge in [0.15, 0.2) is 11.5 Å². The summed E-state index contributed by atoms with van der Waals surface area (Å²) in [7, 11) is 0. The average molecular weight is 335 g/mol. The molecule has 2 aliphatic rings. The molecule has 7 heteroatoms. The van der Waals surface area contributed by atoms with Crippen LogP contribution in [0.1, 0.15) is 33.6 Å². The fraction of sp³-hybridized carbons (Fsp3) is 0.529. The number of carbonyl (C=O) groups is 2. The topological polar surface area (TPSA) is 74.3 Å². The van der Waals surface area contributed by atoms with Crippen LogP contribution in [0.4, 0.5) is 4.79 Å². The molecule has 0 aromatic heterocycles. The lowest BCUT2D eigenvalue weighted by Gasteiger charge is -2.27. The Morgan fingerprint density at radius 1 is 1.21 bits per heavy atom. The first kappa shape index (κ1) is 16.4. The van der Waals surface area contributed by atoms with E-state index in [4.69, 9.17) is 18.9 Å². The van der Waals surface area contributed by atoms with Crippen molar-refractivity contribution in [3.05, 3.63) is 18.2 Å². The van der Waals surface area contributed by atoms with Gasteiger partial charge in [-0.25, -0.2) is 9.59 Å². The third kappa shape index (κ3) is 3.55. The van der Waals surface area contributed by atoms with Gasteiger partial charge in [0, 0.05) is 12.6 Å². The van der Waals surface area contributed by atoms with Gasteiger partial charge in [-0.3, -0.25) is 4.90 Å². The van der Waals surface area contributed by atoms with Crippen molar-refractivity contribution in [3.8, 4) is 17.2 Å². The lowest BCUT2D eigenvalue weighted by atomic mass is 10.2. The summed E-state index contributed by atoms with van der Waals surface area (Å²) in [5.41, 5.74) is -0.606. The molecule has 0 radical (unpaired) electrons. The van der Waals surface area contributed by atoms with E-state index in [0.717, 1.165) is 6.42 Å². The van der Waals surface area contributed by atoms with E-state index in [1.807, 2.05) is 0 Å². The molecule has 7 nitrogen and oxygen atoms in total. The van der Waals surface area contributed by atoms with Gasteiger partial charge in [0.05, 0.1) is 0 Å². The Morgan fingerprint density at radius 2 is 1.96 bits per heavy atom. The second-order valence-electron chi connectivity index (χ2n) is 6.77. The van der Waals surface area contributed by atoms with Gasteiger partial charge in [-0.1, -0.05) is 0 Å². The molecule has 0 aliphatic carbocycles. The van der Waals surface area contributed by atoms with Gasteiger partial charge in [0.1, 0.15) is 17.4 Å². The van der Waals surface area contributed by atoms with Gasteiger partial charge in [0.25, 0.3) is 0 Å². The minimum Gasteiger partial charge on any atom is -0.454 e. The van der Waals surface area contributed by atoms with Crippen LogP contribution in [-0.2, 0) is 9.53 Å². The van der Waals surface area contributed by atoms with Crippen molar-refractivity contribution in [2.24, 2.45) is 0 Å². The Hall–Kier alpha value is -2.44. The number of esters is 1. The molecular formula is C17H21NO6. The second-order valence-corrected chi connectivity index (χ2v) is 6.77. The Labute approximate surface area is 140 Å². The number of amides is 1. The quantitative estimate of drug-likeness (QED) is 0.611. The van der Waals surface area contributed by atoms with E-state index in [1.54, 1.807) is 39.0 Å². The first-order valence-corrected chi connectivity index (χ1v) is 7.94. The third-order valence-corrected chi connectivity index (χ3v) is 3.72. The van der Waals surface area contributed by atoms with E-state index in [9.17, 15) is 9.59 Å². The molecule has 130 valence electrons. The van der Waals surface area contributed by atoms with Crippen molar-refractivity contribution in [2.45, 2.75) is 45.3 Å². The summed E-state index contributed by atoms with van der Waals surface area (Å²) in [6, 6.07) is 4.29. The molecule has 2 aliphatic heterocycles. The lowest BCUT2D eigenvalue weighted by Crippen LogP contribution is -2.44. The van der Waals surface area contributed by atoms with Crippen LogP contribution in [0.2, 0.25) is 0 Å². The zero-order valence-electron chi connectivity index (χ0n) is 14.0. The molecular weight excluding hydrogens is 314 g/mol. The first-order chi connectivity index (χ1) is 11.3. The number of rotatable bonds is 2. The van der Waals surface area contributed by atoms with Crippen LogP contribution in [0.5, 0.6) is 17.2 Å². The molecule has 1 amide bonds. The first-order valence-electron chi connectivity index (χ1n) is 7.94. The number of nitrogens with zero attached hydrogens (tertiary/aromatic N) is 1. The van der Waals surface area contributed by atoms with E-state index in [0.29, 0.717) is 30.2 Å². The molecule has 1 atom stereocenters. The van der Waals surface area contributed by atoms with Gasteiger partial charge >= 0.3 is 12.1 Å². The number of hydrogen-bond donors (Lipinski definition) is 0. The molecule has 1 aromatic carbocycles. The summed E-state index contributed by atoms with van der Waals surface area (Å²) >= 11 is 0. The van der Waals surface area contributed by atoms with Gasteiger partial charge in [0.2, 0.25) is 6.79 Å². The maximum Gasteiger partial charge on any atom is 0.411 e. The number of hydrogen-bond acceptors (Lipinski definition) is 6. The number of ether oxygens (including phenoxy) is 4. The van der Waals surface area contributed by atoms with Gasteiger partial charge < -0.3 is 18.9 Å². The van der Waals surface area contributed by atoms with Crippen LogP contribution < -0.4 is 14.2 Å². The van der Waals surface area contributed by atoms with Crippen molar-refractivity contribution in [3.63, 3.8) is 0 Å². The van der Waals surface area contributed by atoms with E-state index in [2.05, 4.69) is 0 Å². The highest BCUT2D eigenvalue weighted by molar-refractivity contribution is 5.83. The van der Waals surface area contributed by atoms with Gasteiger partial charge in [-0.15, -0.1) is 0 Å². The predicted octanol–water partition coefficient (Wildman–Crippen LogP) is 2.72.